The predicted octanol–water partition coefficient (Wildman–Crippen LogP) is 9.63. The number of aromatic nitrogens is 12. The summed E-state index contributed by atoms with van der Waals surface area (Å²) in [6, 6.07) is 0. The fourth-order valence-corrected chi connectivity index (χ4v) is 12.3. The molecule has 12 atom stereocenters. The van der Waals surface area contributed by atoms with Crippen LogP contribution in [-0.4, -0.2) is 261 Å². The molecule has 0 aliphatic carbocycles. The third kappa shape index (κ3) is 24.2. The van der Waals surface area contributed by atoms with Crippen molar-refractivity contribution in [2.75, 3.05) is 96.3 Å². The van der Waals surface area contributed by atoms with Gasteiger partial charge in [0.15, 0.2) is 70.7 Å². The van der Waals surface area contributed by atoms with E-state index in [4.69, 9.17) is 88.1 Å². The van der Waals surface area contributed by atoms with E-state index in [0.717, 1.165) is 47.1 Å². The molecule has 3 aliphatic rings. The minimum absolute atomic E-state index is 0. The Morgan fingerprint density at radius 3 is 1.05 bits per heavy atom. The van der Waals surface area contributed by atoms with Crippen LogP contribution in [0.2, 0.25) is 0 Å². The number of phosphoric ester groups is 2. The summed E-state index contributed by atoms with van der Waals surface area (Å²) < 4.78 is 235. The van der Waals surface area contributed by atoms with Gasteiger partial charge in [0.1, 0.15) is 36.6 Å². The van der Waals surface area contributed by atoms with Crippen molar-refractivity contribution >= 4 is 91.6 Å². The van der Waals surface area contributed by atoms with Gasteiger partial charge in [-0.15, -0.1) is 0 Å². The van der Waals surface area contributed by atoms with Crippen LogP contribution in [0.5, 0.6) is 17.6 Å². The Morgan fingerprint density at radius 1 is 0.500 bits per heavy atom. The zero-order valence-corrected chi connectivity index (χ0v) is 66.7. The highest BCUT2D eigenvalue weighted by Gasteiger charge is 2.68. The van der Waals surface area contributed by atoms with Gasteiger partial charge >= 0.3 is 40.3 Å². The van der Waals surface area contributed by atoms with Crippen LogP contribution in [0.1, 0.15) is 147 Å². The summed E-state index contributed by atoms with van der Waals surface area (Å²) >= 11 is 0. The second-order valence-electron chi connectivity index (χ2n) is 26.1. The van der Waals surface area contributed by atoms with E-state index in [9.17, 15) is 52.4 Å². The summed E-state index contributed by atoms with van der Waals surface area (Å²) in [7, 11) is -10.0. The summed E-state index contributed by atoms with van der Waals surface area (Å²) in [6.45, 7) is 12.7. The van der Waals surface area contributed by atoms with Crippen LogP contribution < -0.4 is 30.6 Å². The molecule has 0 radical (unpaired) electrons. The third-order valence-corrected chi connectivity index (χ3v) is 18.0. The maximum absolute atomic E-state index is 16.2. The molecular weight excluding hydrogens is 1650 g/mol. The number of hydrogen-bond donors (Lipinski definition) is 7. The van der Waals surface area contributed by atoms with Gasteiger partial charge in [0.2, 0.25) is 62.7 Å². The largest absolute Gasteiger partial charge is 0.510 e. The van der Waals surface area contributed by atoms with Crippen LogP contribution in [0.4, 0.5) is 63.4 Å². The number of imidazole rings is 3. The number of ether oxygens (including phenoxy) is 14. The number of nitrogens with one attached hydrogen (secondary N) is 2. The number of rotatable bonds is 36. The monoisotopic (exact) mass is 1750 g/mol. The second kappa shape index (κ2) is 41.8. The molecule has 53 heteroatoms. The van der Waals surface area contributed by atoms with Gasteiger partial charge in [-0.2, -0.15) is 29.9 Å². The van der Waals surface area contributed by atoms with Gasteiger partial charge in [0, 0.05) is 15.8 Å². The summed E-state index contributed by atoms with van der Waals surface area (Å²) in [5, 5.41) is 47.4. The lowest BCUT2D eigenvalue weighted by atomic mass is 9.97. The van der Waals surface area contributed by atoms with Crippen LogP contribution in [0.3, 0.4) is 0 Å². The summed E-state index contributed by atoms with van der Waals surface area (Å²) in [5.41, 5.74) is -1.45. The number of anilines is 3. The molecule has 118 heavy (non-hydrogen) atoms. The number of phosphoric acid groups is 2. The minimum atomic E-state index is -5.03. The van der Waals surface area contributed by atoms with Crippen LogP contribution in [0.25, 0.3) is 33.5 Å². The predicted molar refractivity (Wildman–Crippen MR) is 393 cm³/mol. The molecule has 6 aromatic rings. The van der Waals surface area contributed by atoms with Crippen molar-refractivity contribution < 1.29 is 171 Å². The van der Waals surface area contributed by atoms with Crippen molar-refractivity contribution in [2.45, 2.75) is 222 Å². The highest BCUT2D eigenvalue weighted by molar-refractivity contribution is 7.48. The van der Waals surface area contributed by atoms with E-state index in [0.29, 0.717) is 6.61 Å². The second-order valence-corrected chi connectivity index (χ2v) is 29.4. The lowest BCUT2D eigenvalue weighted by molar-refractivity contribution is -0.196. The molecule has 0 amide bonds. The van der Waals surface area contributed by atoms with Crippen molar-refractivity contribution in [1.82, 2.24) is 58.6 Å². The SMILES string of the molecule is C.C.CCOc1nc(N)nc2c1ncn2[C@@H]1O[C@](F)(COP(=O)(OCOC(=O)OC(C)C)OCOC(=O)OC(C)C)[C@@H](F)[C@@]1(C)O.[3H]CCNc1nc(OCC)c2ncn([C@@H]3O[C@](F)(CO)[C@@H](F)[C@@]3(C)O)c2n1.[3H]CCNc1nc(OCC)c2ncn([C@@H]3O[C@](F)(COP(=O)(OCOC(=O)OC(C)C)OCOC(=O)OC(C)C)[C@@H](F)[C@@]3(C)O)c2n1. The normalized spacial score (nSPS) is 25.0. The summed E-state index contributed by atoms with van der Waals surface area (Å²) in [5.74, 6) is -10.1. The van der Waals surface area contributed by atoms with E-state index in [1.807, 2.05) is 0 Å². The van der Waals surface area contributed by atoms with Gasteiger partial charge in [-0.3, -0.25) is 22.7 Å². The number of nitrogens with zero attached hydrogens (tertiary/aromatic N) is 12. The standard InChI is InChI=1S/C25H38F2N5O13P.C23H34F2N5O13P.C15H21F2N5O4.2CH4/c1-8-28-21-30-17-16(18(31-21)37-9-2)29-11-32(17)20-24(7,35)19(26)25(27,45-20)10-40-46(36,41-12-38-22(33)43-14(3)4)42-13-39-23(34)44-15(5)6;1-7-35-16-14-15(28-19(26)29-16)30(9-27-14)18-22(6,33)17(24)23(25,43-18)8-38-44(34,39-10-36-20(31)41-12(2)3)40-11-37-21(32)42-13(4)5;1-4-18-13-20-9-8(10(21-13)25-5-2)19-7-22(9)12-14(3,24)11(16)15(17,6-23)26-12;;/h11,14-15,19-20,35H,8-10,12-13H2,1-7H3,(H,28,30,31);9,12-13,17-18,33H,7-8,10-11H2,1-6H3,(H2,26,28,29);7,11-12,23-24H,4-6H2,1-3H3,(H,18,20,21);2*1H4/t19-,20+,24+,25+;17-,18+,22+,23+;11-,12+,14+,15+;;/m000../s1/i1T;;1T;;. The van der Waals surface area contributed by atoms with E-state index in [2.05, 4.69) is 74.4 Å². The molecule has 9 rings (SSSR count). The lowest BCUT2D eigenvalue weighted by Crippen LogP contribution is -2.46. The van der Waals surface area contributed by atoms with Gasteiger partial charge in [-0.25, -0.2) is 87.7 Å². The first-order valence-corrected chi connectivity index (χ1v) is 37.9. The van der Waals surface area contributed by atoms with Gasteiger partial charge in [0.25, 0.3) is 17.6 Å². The number of carbonyl (C=O) groups is 4. The molecule has 0 unspecified atom stereocenters. The molecule has 45 nitrogen and oxygen atoms in total. The van der Waals surface area contributed by atoms with E-state index in [1.165, 1.54) is 61.7 Å². The quantitative estimate of drug-likeness (QED) is 0.00632. The summed E-state index contributed by atoms with van der Waals surface area (Å²) in [6.07, 6.45) is -17.2. The Bertz CT molecular complexity index is 4400. The molecule has 3 saturated heterocycles. The minimum Gasteiger partial charge on any atom is -0.476 e. The number of nitrogen functional groups attached to an aromatic ring is 1. The van der Waals surface area contributed by atoms with E-state index >= 15 is 17.6 Å². The van der Waals surface area contributed by atoms with Crippen LogP contribution in [-0.2, 0) is 88.4 Å². The molecule has 6 aromatic heterocycles. The fraction of sp³-hybridized carbons (Fsp3) is 0.708. The molecule has 0 aromatic carbocycles. The summed E-state index contributed by atoms with van der Waals surface area (Å²) in [4.78, 5) is 83.8. The highest BCUT2D eigenvalue weighted by atomic mass is 31.2. The number of nitrogens with two attached hydrogens (primary N) is 1. The molecule has 0 bridgehead atoms. The zero-order chi connectivity index (χ0) is 87.7. The van der Waals surface area contributed by atoms with Crippen molar-refractivity contribution in [2.24, 2.45) is 0 Å². The fourth-order valence-electron chi connectivity index (χ4n) is 10.4. The Kier molecular flexibility index (Phi) is 34.1. The van der Waals surface area contributed by atoms with Gasteiger partial charge < -0.3 is 103 Å². The van der Waals surface area contributed by atoms with E-state index in [-0.39, 0.29) is 124 Å². The number of hydrogen-bond acceptors (Lipinski definition) is 42. The highest BCUT2D eigenvalue weighted by Crippen LogP contribution is 2.57. The van der Waals surface area contributed by atoms with Gasteiger partial charge in [0.05, 0.1) is 63.2 Å². The Labute approximate surface area is 674 Å². The van der Waals surface area contributed by atoms with Crippen molar-refractivity contribution in [3.8, 4) is 17.6 Å². The first-order chi connectivity index (χ1) is 55.3. The third-order valence-electron chi connectivity index (χ3n) is 15.4. The molecule has 0 spiro atoms. The smallest absolute Gasteiger partial charge is 0.476 e. The maximum Gasteiger partial charge on any atom is 0.510 e. The Balaban J connectivity index is 0.000000328. The van der Waals surface area contributed by atoms with Crippen LogP contribution >= 0.6 is 15.6 Å². The first-order valence-electron chi connectivity index (χ1n) is 36.4. The maximum atomic E-state index is 16.2. The number of aliphatic hydroxyl groups is 4. The molecule has 668 valence electrons. The topological polar surface area (TPSA) is 549 Å². The molecule has 0 saturated carbocycles. The van der Waals surface area contributed by atoms with Crippen molar-refractivity contribution in [3.05, 3.63) is 19.0 Å². The van der Waals surface area contributed by atoms with Gasteiger partial charge in [-0.1, -0.05) is 14.9 Å². The van der Waals surface area contributed by atoms with Gasteiger partial charge in [-0.05, 0) is 111 Å². The molecule has 3 aliphatic heterocycles. The number of aliphatic hydroxyl groups excluding tert-OH is 1. The number of fused-ring (bicyclic) bond motifs is 3. The van der Waals surface area contributed by atoms with Crippen LogP contribution in [0, 0.1) is 0 Å². The van der Waals surface area contributed by atoms with E-state index in [1.54, 1.807) is 20.8 Å². The average molecular weight is 1750 g/mol. The number of halogens is 6. The molecule has 8 N–H and O–H groups in total. The lowest BCUT2D eigenvalue weighted by Gasteiger charge is -2.26. The van der Waals surface area contributed by atoms with E-state index < -0.39 is 183 Å². The van der Waals surface area contributed by atoms with Crippen LogP contribution in [0.15, 0.2) is 19.0 Å². The average Bonchev–Trinajstić information content (AvgIpc) is 1.59. The molecule has 9 heterocycles. The first kappa shape index (κ1) is 96.2. The number of carbonyl (C=O) groups excluding carboxylic acids is 4. The Hall–Kier alpha value is -8.95. The number of alkyl halides is 6. The zero-order valence-electron chi connectivity index (χ0n) is 66.9. The van der Waals surface area contributed by atoms with Crippen molar-refractivity contribution in [3.63, 3.8) is 0 Å². The molecule has 3 fully saturated rings. The molecular formula is C65H101F6N15O30P2. The Morgan fingerprint density at radius 2 is 0.780 bits per heavy atom. The van der Waals surface area contributed by atoms with Crippen molar-refractivity contribution in [1.29, 1.82) is 0 Å².